The molecule has 2 N–H and O–H groups in total. The second-order valence-corrected chi connectivity index (χ2v) is 7.81. The number of rotatable bonds is 9. The predicted molar refractivity (Wildman–Crippen MR) is 121 cm³/mol. The normalized spacial score (nSPS) is 16.2. The quantitative estimate of drug-likeness (QED) is 0.491. The third-order valence-corrected chi connectivity index (χ3v) is 5.38. The lowest BCUT2D eigenvalue weighted by molar-refractivity contribution is -0.114. The highest BCUT2D eigenvalue weighted by atomic mass is 16.5. The van der Waals surface area contributed by atoms with Crippen LogP contribution in [0.2, 0.25) is 0 Å². The Morgan fingerprint density at radius 1 is 1.25 bits per heavy atom. The third kappa shape index (κ3) is 5.49. The second-order valence-electron chi connectivity index (χ2n) is 7.81. The fourth-order valence-corrected chi connectivity index (χ4v) is 3.83. The molecule has 3 heterocycles. The lowest BCUT2D eigenvalue weighted by atomic mass is 10.1. The first kappa shape index (κ1) is 21.9. The van der Waals surface area contributed by atoms with Gasteiger partial charge in [-0.2, -0.15) is 4.98 Å². The van der Waals surface area contributed by atoms with E-state index in [4.69, 9.17) is 9.26 Å². The lowest BCUT2D eigenvalue weighted by Crippen LogP contribution is -2.23. The zero-order valence-electron chi connectivity index (χ0n) is 18.4. The molecule has 0 aliphatic carbocycles. The van der Waals surface area contributed by atoms with E-state index in [1.807, 2.05) is 36.4 Å². The Balaban J connectivity index is 1.40. The van der Waals surface area contributed by atoms with Crippen molar-refractivity contribution >= 4 is 17.4 Å². The van der Waals surface area contributed by atoms with E-state index in [2.05, 4.69) is 30.7 Å². The molecule has 1 amide bonds. The predicted octanol–water partition coefficient (Wildman–Crippen LogP) is 3.49. The van der Waals surface area contributed by atoms with Crippen LogP contribution in [0.1, 0.15) is 37.3 Å². The van der Waals surface area contributed by atoms with Crippen LogP contribution in [0.15, 0.2) is 47.1 Å². The molecule has 4 rings (SSSR count). The summed E-state index contributed by atoms with van der Waals surface area (Å²) in [5.41, 5.74) is 2.79. The van der Waals surface area contributed by atoms with Gasteiger partial charge in [-0.15, -0.1) is 0 Å². The van der Waals surface area contributed by atoms with Crippen LogP contribution in [-0.4, -0.2) is 52.7 Å². The number of hydrogen-bond donors (Lipinski definition) is 2. The Morgan fingerprint density at radius 3 is 2.81 bits per heavy atom. The van der Waals surface area contributed by atoms with Crippen LogP contribution in [0.25, 0.3) is 11.4 Å². The lowest BCUT2D eigenvalue weighted by Gasteiger charge is -2.21. The Hall–Kier alpha value is -3.30. The van der Waals surface area contributed by atoms with Crippen LogP contribution in [0.3, 0.4) is 0 Å². The highest BCUT2D eigenvalue weighted by Crippen LogP contribution is 2.33. The van der Waals surface area contributed by atoms with E-state index in [0.717, 1.165) is 43.0 Å². The largest absolute Gasteiger partial charge is 0.383 e. The van der Waals surface area contributed by atoms with Gasteiger partial charge in [0.2, 0.25) is 17.6 Å². The van der Waals surface area contributed by atoms with Crippen molar-refractivity contribution in [2.24, 2.45) is 0 Å². The maximum Gasteiger partial charge on any atom is 0.244 e. The molecular weight excluding hydrogens is 408 g/mol. The van der Waals surface area contributed by atoms with Crippen LogP contribution >= 0.6 is 0 Å². The van der Waals surface area contributed by atoms with Crippen LogP contribution in [0.5, 0.6) is 0 Å². The van der Waals surface area contributed by atoms with Crippen molar-refractivity contribution in [2.45, 2.75) is 32.4 Å². The summed E-state index contributed by atoms with van der Waals surface area (Å²) in [6.07, 6.45) is 3.80. The van der Waals surface area contributed by atoms with Crippen molar-refractivity contribution in [2.75, 3.05) is 37.4 Å². The van der Waals surface area contributed by atoms with Crippen molar-refractivity contribution in [1.29, 1.82) is 0 Å². The molecule has 1 aromatic carbocycles. The van der Waals surface area contributed by atoms with Gasteiger partial charge in [-0.05, 0) is 49.2 Å². The number of nitrogens with one attached hydrogen (secondary N) is 2. The number of benzene rings is 1. The van der Waals surface area contributed by atoms with Gasteiger partial charge in [-0.3, -0.25) is 9.69 Å². The van der Waals surface area contributed by atoms with Gasteiger partial charge in [0.25, 0.3) is 0 Å². The van der Waals surface area contributed by atoms with Crippen molar-refractivity contribution < 1.29 is 14.1 Å². The van der Waals surface area contributed by atoms with Gasteiger partial charge in [0.15, 0.2) is 0 Å². The molecule has 1 aliphatic rings. The molecule has 3 aromatic rings. The zero-order valence-corrected chi connectivity index (χ0v) is 18.4. The van der Waals surface area contributed by atoms with E-state index >= 15 is 0 Å². The topological polar surface area (TPSA) is 105 Å². The van der Waals surface area contributed by atoms with Gasteiger partial charge in [-0.25, -0.2) is 4.98 Å². The van der Waals surface area contributed by atoms with E-state index in [1.54, 1.807) is 13.3 Å². The Kier molecular flexibility index (Phi) is 7.08. The number of carbonyl (C=O) groups is 1. The van der Waals surface area contributed by atoms with Gasteiger partial charge in [0, 0.05) is 44.6 Å². The number of aromatic nitrogens is 3. The van der Waals surface area contributed by atoms with Gasteiger partial charge >= 0.3 is 0 Å². The van der Waals surface area contributed by atoms with Gasteiger partial charge in [0.1, 0.15) is 5.82 Å². The second kappa shape index (κ2) is 10.3. The maximum absolute atomic E-state index is 11.2. The monoisotopic (exact) mass is 436 g/mol. The number of likely N-dealkylation sites (tertiary alicyclic amines) is 1. The molecule has 32 heavy (non-hydrogen) atoms. The van der Waals surface area contributed by atoms with Crippen molar-refractivity contribution in [3.8, 4) is 11.4 Å². The zero-order chi connectivity index (χ0) is 22.3. The molecule has 0 saturated carbocycles. The Labute approximate surface area is 187 Å². The number of anilines is 2. The molecule has 1 atom stereocenters. The first-order valence-corrected chi connectivity index (χ1v) is 10.8. The summed E-state index contributed by atoms with van der Waals surface area (Å²) in [5, 5.41) is 10.2. The minimum absolute atomic E-state index is 0.0725. The number of hydrogen-bond acceptors (Lipinski definition) is 8. The molecule has 168 valence electrons. The molecule has 0 unspecified atom stereocenters. The van der Waals surface area contributed by atoms with Gasteiger partial charge in [0.05, 0.1) is 12.6 Å². The number of nitrogens with zero attached hydrogens (tertiary/aromatic N) is 4. The molecular formula is C23H28N6O3. The van der Waals surface area contributed by atoms with E-state index in [9.17, 15) is 4.79 Å². The highest BCUT2D eigenvalue weighted by molar-refractivity contribution is 5.88. The summed E-state index contributed by atoms with van der Waals surface area (Å²) in [6.45, 7) is 4.58. The van der Waals surface area contributed by atoms with Gasteiger partial charge in [-0.1, -0.05) is 17.3 Å². The van der Waals surface area contributed by atoms with E-state index in [0.29, 0.717) is 24.9 Å². The average molecular weight is 437 g/mol. The van der Waals surface area contributed by atoms with Crippen molar-refractivity contribution in [1.82, 2.24) is 20.0 Å². The van der Waals surface area contributed by atoms with Crippen molar-refractivity contribution in [3.63, 3.8) is 0 Å². The number of pyridine rings is 1. The molecule has 1 saturated heterocycles. The molecule has 0 bridgehead atoms. The molecule has 9 nitrogen and oxygen atoms in total. The van der Waals surface area contributed by atoms with Crippen LogP contribution in [0.4, 0.5) is 11.5 Å². The SMILES string of the molecule is COCCNc1ccc(-c2noc([C@@H]3CCCN3Cc3ccc(NC(C)=O)cc3)n2)cn1. The highest BCUT2D eigenvalue weighted by Gasteiger charge is 2.30. The van der Waals surface area contributed by atoms with Gasteiger partial charge < -0.3 is 19.9 Å². The Morgan fingerprint density at radius 2 is 2.09 bits per heavy atom. The number of ether oxygens (including phenoxy) is 1. The van der Waals surface area contributed by atoms with Crippen LogP contribution in [-0.2, 0) is 16.1 Å². The summed E-state index contributed by atoms with van der Waals surface area (Å²) in [7, 11) is 1.67. The third-order valence-electron chi connectivity index (χ3n) is 5.38. The minimum atomic E-state index is -0.0725. The van der Waals surface area contributed by atoms with Crippen LogP contribution in [0, 0.1) is 0 Å². The number of carbonyl (C=O) groups excluding carboxylic acids is 1. The number of methoxy groups -OCH3 is 1. The molecule has 2 aromatic heterocycles. The Bertz CT molecular complexity index is 1020. The smallest absolute Gasteiger partial charge is 0.244 e. The summed E-state index contributed by atoms with van der Waals surface area (Å²) >= 11 is 0. The molecule has 9 heteroatoms. The fraction of sp³-hybridized carbons (Fsp3) is 0.391. The summed E-state index contributed by atoms with van der Waals surface area (Å²) < 4.78 is 10.7. The summed E-state index contributed by atoms with van der Waals surface area (Å²) in [6, 6.07) is 11.8. The minimum Gasteiger partial charge on any atom is -0.383 e. The number of amides is 1. The molecule has 0 radical (unpaired) electrons. The molecule has 1 aliphatic heterocycles. The molecule has 0 spiro atoms. The molecule has 1 fully saturated rings. The average Bonchev–Trinajstić information content (AvgIpc) is 3.45. The van der Waals surface area contributed by atoms with Crippen LogP contribution < -0.4 is 10.6 Å². The first-order valence-electron chi connectivity index (χ1n) is 10.8. The van der Waals surface area contributed by atoms with E-state index in [1.165, 1.54) is 12.5 Å². The maximum atomic E-state index is 11.2. The summed E-state index contributed by atoms with van der Waals surface area (Å²) in [5.74, 6) is 1.88. The van der Waals surface area contributed by atoms with Crippen molar-refractivity contribution in [3.05, 3.63) is 54.0 Å². The van der Waals surface area contributed by atoms with E-state index < -0.39 is 0 Å². The summed E-state index contributed by atoms with van der Waals surface area (Å²) in [4.78, 5) is 22.6. The first-order chi connectivity index (χ1) is 15.6. The fourth-order valence-electron chi connectivity index (χ4n) is 3.83. The standard InChI is InChI=1S/C23H28N6O3/c1-16(30)26-19-8-5-17(6-9-19)15-29-12-3-4-20(29)23-27-22(28-32-23)18-7-10-21(25-14-18)24-11-13-31-2/h5-10,14,20H,3-4,11-13,15H2,1-2H3,(H,24,25)(H,26,30)/t20-/m0/s1. The van der Waals surface area contributed by atoms with E-state index in [-0.39, 0.29) is 11.9 Å².